The molecule has 0 N–H and O–H groups in total. The summed E-state index contributed by atoms with van der Waals surface area (Å²) in [6.07, 6.45) is -2.30. The number of amides is 1. The molecule has 1 aliphatic rings. The number of halogens is 5. The van der Waals surface area contributed by atoms with Gasteiger partial charge in [-0.1, -0.05) is 67.4 Å². The Morgan fingerprint density at radius 3 is 2.38 bits per heavy atom. The van der Waals surface area contributed by atoms with Crippen molar-refractivity contribution in [2.75, 3.05) is 0 Å². The summed E-state index contributed by atoms with van der Waals surface area (Å²) in [5.74, 6) is -0.304. The number of allylic oxidation sites excluding steroid dienone is 1. The van der Waals surface area contributed by atoms with Gasteiger partial charge >= 0.3 is 6.18 Å². The fourth-order valence-corrected chi connectivity index (χ4v) is 5.48. The van der Waals surface area contributed by atoms with Crippen molar-refractivity contribution in [2.45, 2.75) is 70.1 Å². The van der Waals surface area contributed by atoms with E-state index in [1.807, 2.05) is 44.2 Å². The van der Waals surface area contributed by atoms with Crippen LogP contribution in [0, 0.1) is 5.41 Å². The smallest absolute Gasteiger partial charge is 0.332 e. The number of likely N-dealkylation sites (tertiary alicyclic amines) is 1. The Morgan fingerprint density at radius 1 is 1.15 bits per heavy atom. The molecule has 0 aliphatic carbocycles. The van der Waals surface area contributed by atoms with Crippen LogP contribution < -0.4 is 0 Å². The van der Waals surface area contributed by atoms with Crippen molar-refractivity contribution in [3.8, 4) is 0 Å². The van der Waals surface area contributed by atoms with Gasteiger partial charge in [0.05, 0.1) is 11.5 Å². The molecule has 7 heteroatoms. The van der Waals surface area contributed by atoms with Crippen molar-refractivity contribution >= 4 is 29.1 Å². The van der Waals surface area contributed by atoms with E-state index in [0.29, 0.717) is 29.3 Å². The molecule has 1 fully saturated rings. The van der Waals surface area contributed by atoms with E-state index < -0.39 is 30.1 Å². The average molecular weight is 512 g/mol. The maximum Gasteiger partial charge on any atom is 0.389 e. The van der Waals surface area contributed by atoms with Crippen LogP contribution >= 0.6 is 23.2 Å². The van der Waals surface area contributed by atoms with E-state index in [9.17, 15) is 18.0 Å². The number of alkyl halides is 3. The molecular weight excluding hydrogens is 482 g/mol. The van der Waals surface area contributed by atoms with E-state index >= 15 is 0 Å². The molecule has 0 radical (unpaired) electrons. The highest BCUT2D eigenvalue weighted by atomic mass is 35.5. The highest BCUT2D eigenvalue weighted by Crippen LogP contribution is 2.52. The van der Waals surface area contributed by atoms with Crippen LogP contribution in [0.4, 0.5) is 13.2 Å². The van der Waals surface area contributed by atoms with Gasteiger partial charge in [0.2, 0.25) is 5.91 Å². The van der Waals surface area contributed by atoms with Crippen LogP contribution in [0.15, 0.2) is 61.2 Å². The van der Waals surface area contributed by atoms with E-state index in [1.165, 1.54) is 0 Å². The Kier molecular flexibility index (Phi) is 8.41. The zero-order valence-corrected chi connectivity index (χ0v) is 20.9. The number of carbonyl (C=O) groups is 1. The highest BCUT2D eigenvalue weighted by Gasteiger charge is 2.51. The van der Waals surface area contributed by atoms with Crippen LogP contribution in [0.3, 0.4) is 0 Å². The van der Waals surface area contributed by atoms with E-state index in [4.69, 9.17) is 23.2 Å². The van der Waals surface area contributed by atoms with Crippen LogP contribution in [0.2, 0.25) is 10.0 Å². The number of piperidine rings is 1. The number of benzene rings is 2. The van der Waals surface area contributed by atoms with Gasteiger partial charge in [-0.05, 0) is 61.1 Å². The molecule has 1 unspecified atom stereocenters. The Morgan fingerprint density at radius 2 is 1.82 bits per heavy atom. The number of rotatable bonds is 8. The van der Waals surface area contributed by atoms with E-state index in [-0.39, 0.29) is 18.2 Å². The molecule has 184 valence electrons. The summed E-state index contributed by atoms with van der Waals surface area (Å²) in [5.41, 5.74) is 1.00. The summed E-state index contributed by atoms with van der Waals surface area (Å²) < 4.78 is 39.6. The van der Waals surface area contributed by atoms with Crippen molar-refractivity contribution in [3.63, 3.8) is 0 Å². The quantitative estimate of drug-likeness (QED) is 0.324. The molecule has 0 spiro atoms. The fraction of sp³-hybridized carbons (Fsp3) is 0.444. The van der Waals surface area contributed by atoms with Gasteiger partial charge < -0.3 is 4.90 Å². The predicted octanol–water partition coefficient (Wildman–Crippen LogP) is 8.75. The number of hydrogen-bond acceptors (Lipinski definition) is 1. The second-order valence-corrected chi connectivity index (χ2v) is 10.2. The van der Waals surface area contributed by atoms with E-state index in [1.54, 1.807) is 29.2 Å². The monoisotopic (exact) mass is 511 g/mol. The molecule has 2 aromatic rings. The van der Waals surface area contributed by atoms with Crippen LogP contribution in [0.5, 0.6) is 0 Å². The van der Waals surface area contributed by atoms with Crippen molar-refractivity contribution in [1.29, 1.82) is 0 Å². The molecule has 1 aliphatic heterocycles. The van der Waals surface area contributed by atoms with Crippen LogP contribution in [0.1, 0.15) is 69.0 Å². The zero-order chi connectivity index (χ0) is 25.1. The summed E-state index contributed by atoms with van der Waals surface area (Å²) in [7, 11) is 0. The normalized spacial score (nSPS) is 24.2. The van der Waals surface area contributed by atoms with Crippen molar-refractivity contribution < 1.29 is 18.0 Å². The lowest BCUT2D eigenvalue weighted by molar-refractivity contribution is -0.159. The summed E-state index contributed by atoms with van der Waals surface area (Å²) in [6.45, 7) is 7.56. The first-order valence-electron chi connectivity index (χ1n) is 11.5. The average Bonchev–Trinajstić information content (AvgIpc) is 2.77. The Bertz CT molecular complexity index is 1010. The first kappa shape index (κ1) is 26.6. The molecule has 2 aromatic carbocycles. The second kappa shape index (κ2) is 10.7. The molecule has 1 heterocycles. The summed E-state index contributed by atoms with van der Waals surface area (Å²) in [6, 6.07) is 13.7. The van der Waals surface area contributed by atoms with Gasteiger partial charge in [0.25, 0.3) is 0 Å². The number of nitrogens with zero attached hydrogens (tertiary/aromatic N) is 1. The Hall–Kier alpha value is -1.98. The van der Waals surface area contributed by atoms with Gasteiger partial charge in [-0.25, -0.2) is 0 Å². The third kappa shape index (κ3) is 5.98. The lowest BCUT2D eigenvalue weighted by Crippen LogP contribution is -2.55. The Labute approximate surface area is 209 Å². The Balaban J connectivity index is 2.19. The van der Waals surface area contributed by atoms with Gasteiger partial charge in [0.15, 0.2) is 0 Å². The van der Waals surface area contributed by atoms with Crippen molar-refractivity contribution in [1.82, 2.24) is 4.90 Å². The van der Waals surface area contributed by atoms with Gasteiger partial charge in [-0.3, -0.25) is 4.79 Å². The van der Waals surface area contributed by atoms with Gasteiger partial charge in [0.1, 0.15) is 0 Å². The topological polar surface area (TPSA) is 20.3 Å². The minimum Gasteiger partial charge on any atom is -0.332 e. The minimum atomic E-state index is -4.29. The molecule has 0 saturated carbocycles. The maximum absolute atomic E-state index is 14.0. The van der Waals surface area contributed by atoms with Gasteiger partial charge in [0, 0.05) is 28.4 Å². The van der Waals surface area contributed by atoms with Crippen molar-refractivity contribution in [3.05, 3.63) is 82.4 Å². The highest BCUT2D eigenvalue weighted by molar-refractivity contribution is 6.30. The molecule has 0 bridgehead atoms. The lowest BCUT2D eigenvalue weighted by Gasteiger charge is -2.52. The van der Waals surface area contributed by atoms with Gasteiger partial charge in [-0.15, -0.1) is 6.58 Å². The molecule has 2 nitrogen and oxygen atoms in total. The minimum absolute atomic E-state index is 0.139. The summed E-state index contributed by atoms with van der Waals surface area (Å²) in [4.78, 5) is 15.7. The molecule has 34 heavy (non-hydrogen) atoms. The summed E-state index contributed by atoms with van der Waals surface area (Å²) in [5, 5.41) is 1.13. The standard InChI is InChI=1S/C27H30Cl2F3NO/c1-4-14-26(3)17-23(19-7-6-8-21(29)16-19)24(18-9-11-20(28)12-10-18)33(25(26)34)22(5-2)13-15-27(30,31)32/h4,6-12,16,22-24H,1,5,13-15,17H2,2-3H3/t22-,23+,24?,26-/m0/s1. The fourth-order valence-electron chi connectivity index (χ4n) is 5.16. The van der Waals surface area contributed by atoms with Crippen LogP contribution in [-0.2, 0) is 4.79 Å². The SMILES string of the molecule is C=CC[C@@]1(C)C[C@H](c2cccc(Cl)c2)C(c2ccc(Cl)cc2)N([C@@H](CC)CCC(F)(F)F)C1=O. The third-order valence-corrected chi connectivity index (χ3v) is 7.30. The first-order chi connectivity index (χ1) is 16.0. The van der Waals surface area contributed by atoms with Crippen LogP contribution in [-0.4, -0.2) is 23.0 Å². The van der Waals surface area contributed by atoms with E-state index in [2.05, 4.69) is 6.58 Å². The maximum atomic E-state index is 14.0. The largest absolute Gasteiger partial charge is 0.389 e. The predicted molar refractivity (Wildman–Crippen MR) is 132 cm³/mol. The lowest BCUT2D eigenvalue weighted by atomic mass is 9.67. The zero-order valence-electron chi connectivity index (χ0n) is 19.4. The third-order valence-electron chi connectivity index (χ3n) is 6.81. The number of carbonyl (C=O) groups excluding carboxylic acids is 1. The molecule has 1 saturated heterocycles. The molecule has 4 atom stereocenters. The second-order valence-electron chi connectivity index (χ2n) is 9.34. The first-order valence-corrected chi connectivity index (χ1v) is 12.3. The van der Waals surface area contributed by atoms with E-state index in [0.717, 1.165) is 11.1 Å². The molecule has 1 amide bonds. The number of hydrogen-bond donors (Lipinski definition) is 0. The molecular formula is C27H30Cl2F3NO. The molecule has 3 rings (SSSR count). The summed E-state index contributed by atoms with van der Waals surface area (Å²) >= 11 is 12.5. The van der Waals surface area contributed by atoms with Crippen LogP contribution in [0.25, 0.3) is 0 Å². The van der Waals surface area contributed by atoms with Crippen molar-refractivity contribution in [2.24, 2.45) is 5.41 Å². The van der Waals surface area contributed by atoms with Gasteiger partial charge in [-0.2, -0.15) is 13.2 Å². The molecule has 0 aromatic heterocycles.